The summed E-state index contributed by atoms with van der Waals surface area (Å²) in [6.07, 6.45) is 6.67. The van der Waals surface area contributed by atoms with E-state index in [1.807, 2.05) is 18.2 Å². The van der Waals surface area contributed by atoms with Crippen LogP contribution in [0.15, 0.2) is 36.8 Å². The average Bonchev–Trinajstić information content (AvgIpc) is 3.10. The van der Waals surface area contributed by atoms with Crippen LogP contribution in [0.5, 0.6) is 0 Å². The van der Waals surface area contributed by atoms with Crippen LogP contribution in [0.2, 0.25) is 0 Å². The molecule has 3 rings (SSSR count). The Morgan fingerprint density at radius 3 is 2.92 bits per heavy atom. The van der Waals surface area contributed by atoms with E-state index in [-0.39, 0.29) is 18.4 Å². The summed E-state index contributed by atoms with van der Waals surface area (Å²) < 4.78 is 0. The zero-order valence-electron chi connectivity index (χ0n) is 13.1. The Labute approximate surface area is 139 Å². The molecule has 1 amide bonds. The van der Waals surface area contributed by atoms with Crippen molar-refractivity contribution < 1.29 is 14.7 Å². The molecule has 2 aromatic rings. The number of aliphatic carboxylic acids is 1. The minimum Gasteiger partial charge on any atom is -0.481 e. The molecule has 1 N–H and O–H groups in total. The molecule has 0 aliphatic carbocycles. The van der Waals surface area contributed by atoms with Crippen LogP contribution in [-0.4, -0.2) is 43.4 Å². The zero-order valence-corrected chi connectivity index (χ0v) is 13.1. The van der Waals surface area contributed by atoms with E-state index in [1.165, 1.54) is 18.6 Å². The maximum atomic E-state index is 12.6. The molecular formula is C17H18N4O3. The van der Waals surface area contributed by atoms with Crippen molar-refractivity contribution in [2.24, 2.45) is 0 Å². The van der Waals surface area contributed by atoms with Crippen LogP contribution < -0.4 is 0 Å². The Balaban J connectivity index is 1.79. The Morgan fingerprint density at radius 2 is 2.17 bits per heavy atom. The third kappa shape index (κ3) is 3.56. The van der Waals surface area contributed by atoms with Gasteiger partial charge in [0.25, 0.3) is 5.91 Å². The first-order valence-electron chi connectivity index (χ1n) is 7.90. The van der Waals surface area contributed by atoms with Gasteiger partial charge in [-0.3, -0.25) is 19.6 Å². The number of carboxylic acid groups (broad SMARTS) is 1. The number of pyridine rings is 1. The highest BCUT2D eigenvalue weighted by molar-refractivity contribution is 5.92. The standard InChI is InChI=1S/C17H18N4O3/c22-16(23)7-6-12-3-1-4-13(20-12)15-5-2-10-21(15)17(24)14-11-18-8-9-19-14/h1,3-4,8-9,11,15H,2,5-7,10H2,(H,22,23). The van der Waals surface area contributed by atoms with Crippen LogP contribution in [0, 0.1) is 0 Å². The summed E-state index contributed by atoms with van der Waals surface area (Å²) in [6.45, 7) is 0.654. The van der Waals surface area contributed by atoms with Crippen LogP contribution in [-0.2, 0) is 11.2 Å². The lowest BCUT2D eigenvalue weighted by Crippen LogP contribution is -2.31. The number of hydrogen-bond acceptors (Lipinski definition) is 5. The van der Waals surface area contributed by atoms with Crippen molar-refractivity contribution >= 4 is 11.9 Å². The smallest absolute Gasteiger partial charge is 0.303 e. The quantitative estimate of drug-likeness (QED) is 0.901. The number of aryl methyl sites for hydroxylation is 1. The highest BCUT2D eigenvalue weighted by Gasteiger charge is 2.32. The molecule has 124 valence electrons. The van der Waals surface area contributed by atoms with Crippen molar-refractivity contribution in [3.05, 3.63) is 53.9 Å². The summed E-state index contributed by atoms with van der Waals surface area (Å²) in [6, 6.07) is 5.46. The molecule has 0 aromatic carbocycles. The first-order valence-corrected chi connectivity index (χ1v) is 7.90. The van der Waals surface area contributed by atoms with Gasteiger partial charge in [-0.2, -0.15) is 0 Å². The fourth-order valence-corrected chi connectivity index (χ4v) is 2.93. The molecule has 1 saturated heterocycles. The van der Waals surface area contributed by atoms with Gasteiger partial charge >= 0.3 is 5.97 Å². The molecule has 0 spiro atoms. The van der Waals surface area contributed by atoms with Crippen LogP contribution in [0.1, 0.15) is 47.2 Å². The van der Waals surface area contributed by atoms with Crippen molar-refractivity contribution in [1.82, 2.24) is 19.9 Å². The summed E-state index contributed by atoms with van der Waals surface area (Å²) in [4.78, 5) is 37.7. The van der Waals surface area contributed by atoms with Gasteiger partial charge in [-0.05, 0) is 25.0 Å². The van der Waals surface area contributed by atoms with Crippen LogP contribution in [0.25, 0.3) is 0 Å². The van der Waals surface area contributed by atoms with Crippen molar-refractivity contribution in [2.75, 3.05) is 6.54 Å². The van der Waals surface area contributed by atoms with Gasteiger partial charge in [-0.15, -0.1) is 0 Å². The maximum Gasteiger partial charge on any atom is 0.303 e. The topological polar surface area (TPSA) is 96.3 Å². The Bertz CT molecular complexity index is 736. The highest BCUT2D eigenvalue weighted by Crippen LogP contribution is 2.31. The van der Waals surface area contributed by atoms with Gasteiger partial charge in [0.2, 0.25) is 0 Å². The number of rotatable bonds is 5. The Hall–Kier alpha value is -2.83. The fraction of sp³-hybridized carbons (Fsp3) is 0.353. The Morgan fingerprint density at radius 1 is 1.29 bits per heavy atom. The van der Waals surface area contributed by atoms with E-state index >= 15 is 0 Å². The van der Waals surface area contributed by atoms with Gasteiger partial charge in [0.05, 0.1) is 24.4 Å². The van der Waals surface area contributed by atoms with E-state index in [0.29, 0.717) is 18.7 Å². The molecule has 1 fully saturated rings. The van der Waals surface area contributed by atoms with Gasteiger partial charge in [0.15, 0.2) is 0 Å². The summed E-state index contributed by atoms with van der Waals surface area (Å²) in [5.41, 5.74) is 1.85. The molecule has 0 saturated carbocycles. The molecule has 2 aromatic heterocycles. The van der Waals surface area contributed by atoms with Crippen LogP contribution in [0.4, 0.5) is 0 Å². The second kappa shape index (κ2) is 7.16. The lowest BCUT2D eigenvalue weighted by molar-refractivity contribution is -0.136. The lowest BCUT2D eigenvalue weighted by Gasteiger charge is -2.24. The van der Waals surface area contributed by atoms with Gasteiger partial charge in [0, 0.05) is 31.1 Å². The second-order valence-corrected chi connectivity index (χ2v) is 5.69. The van der Waals surface area contributed by atoms with Crippen LogP contribution >= 0.6 is 0 Å². The molecule has 1 unspecified atom stereocenters. The molecule has 1 aliphatic rings. The first kappa shape index (κ1) is 16.0. The molecular weight excluding hydrogens is 308 g/mol. The SMILES string of the molecule is O=C(O)CCc1cccc(C2CCCN2C(=O)c2cnccn2)n1. The number of aromatic nitrogens is 3. The number of carboxylic acids is 1. The minimum atomic E-state index is -0.845. The van der Waals surface area contributed by atoms with Crippen molar-refractivity contribution in [2.45, 2.75) is 31.7 Å². The number of hydrogen-bond donors (Lipinski definition) is 1. The zero-order chi connectivity index (χ0) is 16.9. The van der Waals surface area contributed by atoms with E-state index in [4.69, 9.17) is 5.11 Å². The van der Waals surface area contributed by atoms with Crippen molar-refractivity contribution in [3.8, 4) is 0 Å². The van der Waals surface area contributed by atoms with Gasteiger partial charge < -0.3 is 10.0 Å². The third-order valence-corrected chi connectivity index (χ3v) is 4.06. The van der Waals surface area contributed by atoms with Crippen molar-refractivity contribution in [3.63, 3.8) is 0 Å². The van der Waals surface area contributed by atoms with E-state index in [2.05, 4.69) is 15.0 Å². The number of likely N-dealkylation sites (tertiary alicyclic amines) is 1. The Kier molecular flexibility index (Phi) is 4.79. The molecule has 7 nitrogen and oxygen atoms in total. The normalized spacial score (nSPS) is 17.0. The van der Waals surface area contributed by atoms with Gasteiger partial charge in [-0.25, -0.2) is 4.98 Å². The fourth-order valence-electron chi connectivity index (χ4n) is 2.93. The molecule has 24 heavy (non-hydrogen) atoms. The molecule has 1 aliphatic heterocycles. The monoisotopic (exact) mass is 326 g/mol. The molecule has 1 atom stereocenters. The first-order chi connectivity index (χ1) is 11.6. The predicted octanol–water partition coefficient (Wildman–Crippen LogP) is 1.87. The van der Waals surface area contributed by atoms with E-state index in [1.54, 1.807) is 4.90 Å². The predicted molar refractivity (Wildman–Crippen MR) is 85.2 cm³/mol. The molecule has 0 bridgehead atoms. The minimum absolute atomic E-state index is 0.0450. The van der Waals surface area contributed by atoms with Crippen molar-refractivity contribution in [1.29, 1.82) is 0 Å². The number of carbonyl (C=O) groups is 2. The molecule has 7 heteroatoms. The molecule has 0 radical (unpaired) electrons. The lowest BCUT2D eigenvalue weighted by atomic mass is 10.1. The number of carbonyl (C=O) groups excluding carboxylic acids is 1. The molecule has 3 heterocycles. The third-order valence-electron chi connectivity index (χ3n) is 4.06. The summed E-state index contributed by atoms with van der Waals surface area (Å²) in [5.74, 6) is -0.995. The van der Waals surface area contributed by atoms with E-state index < -0.39 is 5.97 Å². The highest BCUT2D eigenvalue weighted by atomic mass is 16.4. The number of amides is 1. The van der Waals surface area contributed by atoms with Gasteiger partial charge in [-0.1, -0.05) is 6.07 Å². The summed E-state index contributed by atoms with van der Waals surface area (Å²) >= 11 is 0. The number of nitrogens with zero attached hydrogens (tertiary/aromatic N) is 4. The van der Waals surface area contributed by atoms with E-state index in [9.17, 15) is 9.59 Å². The summed E-state index contributed by atoms with van der Waals surface area (Å²) in [5, 5.41) is 8.80. The van der Waals surface area contributed by atoms with E-state index in [0.717, 1.165) is 24.2 Å². The summed E-state index contributed by atoms with van der Waals surface area (Å²) in [7, 11) is 0. The average molecular weight is 326 g/mol. The largest absolute Gasteiger partial charge is 0.481 e. The van der Waals surface area contributed by atoms with Gasteiger partial charge in [0.1, 0.15) is 5.69 Å². The van der Waals surface area contributed by atoms with Crippen LogP contribution in [0.3, 0.4) is 0 Å². The second-order valence-electron chi connectivity index (χ2n) is 5.69. The maximum absolute atomic E-state index is 12.6.